The van der Waals surface area contributed by atoms with Crippen LogP contribution >= 0.6 is 0 Å². The summed E-state index contributed by atoms with van der Waals surface area (Å²) in [5.41, 5.74) is 3.04. The molecule has 1 aromatic carbocycles. The molecule has 0 unspecified atom stereocenters. The first-order chi connectivity index (χ1) is 9.04. The van der Waals surface area contributed by atoms with E-state index in [2.05, 4.69) is 67.2 Å². The number of anilines is 1. The van der Waals surface area contributed by atoms with Crippen molar-refractivity contribution in [2.45, 2.75) is 32.9 Å². The normalized spacial score (nSPS) is 19.7. The molecule has 0 amide bonds. The fraction of sp³-hybridized carbons (Fsp3) is 0.625. The molecule has 0 bridgehead atoms. The molecule has 0 spiro atoms. The summed E-state index contributed by atoms with van der Waals surface area (Å²) in [6.07, 6.45) is 0. The second-order valence-electron chi connectivity index (χ2n) is 6.06. The van der Waals surface area contributed by atoms with Crippen molar-refractivity contribution in [3.8, 4) is 0 Å². The molecule has 3 heteroatoms. The van der Waals surface area contributed by atoms with Crippen molar-refractivity contribution in [2.24, 2.45) is 0 Å². The largest absolute Gasteiger partial charge is 0.368 e. The molecule has 19 heavy (non-hydrogen) atoms. The van der Waals surface area contributed by atoms with Crippen LogP contribution in [0.25, 0.3) is 0 Å². The van der Waals surface area contributed by atoms with Crippen LogP contribution in [-0.2, 0) is 6.54 Å². The Labute approximate surface area is 117 Å². The van der Waals surface area contributed by atoms with Crippen LogP contribution in [-0.4, -0.2) is 43.7 Å². The summed E-state index contributed by atoms with van der Waals surface area (Å²) >= 11 is 0. The van der Waals surface area contributed by atoms with Gasteiger partial charge in [0, 0.05) is 37.4 Å². The highest BCUT2D eigenvalue weighted by atomic mass is 15.3. The monoisotopic (exact) mass is 261 g/mol. The number of piperazine rings is 1. The maximum absolute atomic E-state index is 3.44. The van der Waals surface area contributed by atoms with Gasteiger partial charge in [0.1, 0.15) is 0 Å². The molecule has 1 aliphatic heterocycles. The van der Waals surface area contributed by atoms with E-state index in [1.807, 2.05) is 0 Å². The number of hydrogen-bond donors (Lipinski definition) is 1. The average Bonchev–Trinajstić information content (AvgIpc) is 2.40. The standard InChI is InChI=1S/C16H27N3/c1-5-17-12-14-8-6-7-9-15(14)19-11-10-18(4)16(2,3)13-19/h6-9,17H,5,10-13H2,1-4H3. The van der Waals surface area contributed by atoms with Gasteiger partial charge in [-0.3, -0.25) is 4.90 Å². The molecule has 0 aliphatic carbocycles. The highest BCUT2D eigenvalue weighted by molar-refractivity contribution is 5.54. The predicted molar refractivity (Wildman–Crippen MR) is 82.7 cm³/mol. The molecule has 1 aliphatic rings. The zero-order valence-electron chi connectivity index (χ0n) is 12.7. The number of likely N-dealkylation sites (N-methyl/N-ethyl adjacent to an activating group) is 1. The van der Waals surface area contributed by atoms with Crippen molar-refractivity contribution < 1.29 is 0 Å². The number of nitrogens with zero attached hydrogens (tertiary/aromatic N) is 2. The van der Waals surface area contributed by atoms with Crippen LogP contribution in [0.15, 0.2) is 24.3 Å². The van der Waals surface area contributed by atoms with Gasteiger partial charge in [-0.25, -0.2) is 0 Å². The molecule has 1 heterocycles. The van der Waals surface area contributed by atoms with E-state index < -0.39 is 0 Å². The topological polar surface area (TPSA) is 18.5 Å². The van der Waals surface area contributed by atoms with Gasteiger partial charge in [0.25, 0.3) is 0 Å². The van der Waals surface area contributed by atoms with Gasteiger partial charge in [0.05, 0.1) is 0 Å². The summed E-state index contributed by atoms with van der Waals surface area (Å²) in [5, 5.41) is 3.44. The molecule has 1 aromatic rings. The lowest BCUT2D eigenvalue weighted by Crippen LogP contribution is -2.57. The van der Waals surface area contributed by atoms with Crippen molar-refractivity contribution >= 4 is 5.69 Å². The fourth-order valence-electron chi connectivity index (χ4n) is 2.67. The van der Waals surface area contributed by atoms with Crippen LogP contribution in [0.3, 0.4) is 0 Å². The SMILES string of the molecule is CCNCc1ccccc1N1CCN(C)C(C)(C)C1. The second kappa shape index (κ2) is 5.93. The summed E-state index contributed by atoms with van der Waals surface area (Å²) in [6, 6.07) is 8.78. The van der Waals surface area contributed by atoms with E-state index >= 15 is 0 Å². The van der Waals surface area contributed by atoms with Crippen molar-refractivity contribution in [3.05, 3.63) is 29.8 Å². The highest BCUT2D eigenvalue weighted by Gasteiger charge is 2.31. The Kier molecular flexibility index (Phi) is 4.48. The van der Waals surface area contributed by atoms with Crippen molar-refractivity contribution in [1.82, 2.24) is 10.2 Å². The van der Waals surface area contributed by atoms with E-state index in [1.165, 1.54) is 11.3 Å². The Morgan fingerprint density at radius 3 is 2.63 bits per heavy atom. The Balaban J connectivity index is 2.17. The summed E-state index contributed by atoms with van der Waals surface area (Å²) in [5.74, 6) is 0. The van der Waals surface area contributed by atoms with E-state index in [-0.39, 0.29) is 5.54 Å². The maximum atomic E-state index is 3.44. The Morgan fingerprint density at radius 1 is 1.21 bits per heavy atom. The van der Waals surface area contributed by atoms with Gasteiger partial charge in [-0.05, 0) is 39.1 Å². The molecule has 0 radical (unpaired) electrons. The predicted octanol–water partition coefficient (Wildman–Crippen LogP) is 2.33. The van der Waals surface area contributed by atoms with Gasteiger partial charge in [-0.2, -0.15) is 0 Å². The number of benzene rings is 1. The third-order valence-corrected chi connectivity index (χ3v) is 4.21. The molecule has 106 valence electrons. The van der Waals surface area contributed by atoms with Crippen LogP contribution in [0.2, 0.25) is 0 Å². The Morgan fingerprint density at radius 2 is 1.95 bits per heavy atom. The lowest BCUT2D eigenvalue weighted by molar-refractivity contribution is 0.139. The van der Waals surface area contributed by atoms with E-state index in [0.717, 1.165) is 32.7 Å². The van der Waals surface area contributed by atoms with Crippen LogP contribution in [0.1, 0.15) is 26.3 Å². The molecule has 2 rings (SSSR count). The van der Waals surface area contributed by atoms with E-state index in [1.54, 1.807) is 0 Å². The molecule has 1 fully saturated rings. The number of hydrogen-bond acceptors (Lipinski definition) is 3. The fourth-order valence-corrected chi connectivity index (χ4v) is 2.67. The third kappa shape index (κ3) is 3.28. The second-order valence-corrected chi connectivity index (χ2v) is 6.06. The van der Waals surface area contributed by atoms with Crippen LogP contribution in [0.4, 0.5) is 5.69 Å². The summed E-state index contributed by atoms with van der Waals surface area (Å²) in [6.45, 7) is 12.1. The maximum Gasteiger partial charge on any atom is 0.0412 e. The minimum atomic E-state index is 0.240. The van der Waals surface area contributed by atoms with E-state index in [9.17, 15) is 0 Å². The van der Waals surface area contributed by atoms with Crippen LogP contribution in [0, 0.1) is 0 Å². The lowest BCUT2D eigenvalue weighted by atomic mass is 9.98. The van der Waals surface area contributed by atoms with Crippen molar-refractivity contribution in [1.29, 1.82) is 0 Å². The molecular weight excluding hydrogens is 234 g/mol. The molecule has 1 saturated heterocycles. The van der Waals surface area contributed by atoms with Crippen molar-refractivity contribution in [2.75, 3.05) is 38.1 Å². The smallest absolute Gasteiger partial charge is 0.0412 e. The first-order valence-corrected chi connectivity index (χ1v) is 7.29. The van der Waals surface area contributed by atoms with Gasteiger partial charge in [-0.1, -0.05) is 25.1 Å². The lowest BCUT2D eigenvalue weighted by Gasteiger charge is -2.46. The van der Waals surface area contributed by atoms with Crippen molar-refractivity contribution in [3.63, 3.8) is 0 Å². The molecular formula is C16H27N3. The minimum Gasteiger partial charge on any atom is -0.368 e. The Bertz CT molecular complexity index is 414. The first-order valence-electron chi connectivity index (χ1n) is 7.29. The van der Waals surface area contributed by atoms with Gasteiger partial charge in [0.15, 0.2) is 0 Å². The number of rotatable bonds is 4. The summed E-state index contributed by atoms with van der Waals surface area (Å²) < 4.78 is 0. The van der Waals surface area contributed by atoms with Gasteiger partial charge < -0.3 is 10.2 Å². The van der Waals surface area contributed by atoms with Crippen LogP contribution in [0.5, 0.6) is 0 Å². The third-order valence-electron chi connectivity index (χ3n) is 4.21. The summed E-state index contributed by atoms with van der Waals surface area (Å²) in [7, 11) is 2.22. The first kappa shape index (κ1) is 14.4. The number of nitrogens with one attached hydrogen (secondary N) is 1. The molecule has 1 N–H and O–H groups in total. The molecule has 3 nitrogen and oxygen atoms in total. The van der Waals surface area contributed by atoms with E-state index in [4.69, 9.17) is 0 Å². The minimum absolute atomic E-state index is 0.240. The Hall–Kier alpha value is -1.06. The highest BCUT2D eigenvalue weighted by Crippen LogP contribution is 2.27. The molecule has 0 saturated carbocycles. The molecule has 0 aromatic heterocycles. The van der Waals surface area contributed by atoms with Gasteiger partial charge >= 0.3 is 0 Å². The quantitative estimate of drug-likeness (QED) is 0.897. The summed E-state index contributed by atoms with van der Waals surface area (Å²) in [4.78, 5) is 4.99. The van der Waals surface area contributed by atoms with Crippen LogP contribution < -0.4 is 10.2 Å². The zero-order valence-corrected chi connectivity index (χ0v) is 12.7. The van der Waals surface area contributed by atoms with Gasteiger partial charge in [0.2, 0.25) is 0 Å². The van der Waals surface area contributed by atoms with E-state index in [0.29, 0.717) is 0 Å². The average molecular weight is 261 g/mol. The molecule has 0 atom stereocenters. The zero-order chi connectivity index (χ0) is 13.9. The van der Waals surface area contributed by atoms with Gasteiger partial charge in [-0.15, -0.1) is 0 Å². The number of para-hydroxylation sites is 1.